The van der Waals surface area contributed by atoms with Crippen molar-refractivity contribution in [2.24, 2.45) is 4.99 Å². The fourth-order valence-corrected chi connectivity index (χ4v) is 5.34. The zero-order valence-corrected chi connectivity index (χ0v) is 21.3. The van der Waals surface area contributed by atoms with Crippen LogP contribution in [0.25, 0.3) is 11.8 Å². The average Bonchev–Trinajstić information content (AvgIpc) is 3.23. The minimum atomic E-state index is -0.00742. The van der Waals surface area contributed by atoms with Crippen molar-refractivity contribution in [1.29, 1.82) is 0 Å². The number of aryl methyl sites for hydroxylation is 3. The summed E-state index contributed by atoms with van der Waals surface area (Å²) < 4.78 is 7.46. The molecule has 4 rings (SSSR count). The van der Waals surface area contributed by atoms with Gasteiger partial charge in [-0.3, -0.25) is 9.69 Å². The van der Waals surface area contributed by atoms with E-state index in [0.29, 0.717) is 23.2 Å². The van der Waals surface area contributed by atoms with E-state index in [1.54, 1.807) is 12.0 Å². The number of methoxy groups -OCH3 is 1. The second-order valence-electron chi connectivity index (χ2n) is 8.65. The molecule has 5 nitrogen and oxygen atoms in total. The van der Waals surface area contributed by atoms with Crippen molar-refractivity contribution in [2.75, 3.05) is 20.3 Å². The molecule has 2 heterocycles. The van der Waals surface area contributed by atoms with E-state index in [-0.39, 0.29) is 5.91 Å². The number of hydrogen-bond acceptors (Lipinski definition) is 4. The molecule has 0 bridgehead atoms. The Kier molecular flexibility index (Phi) is 7.39. The van der Waals surface area contributed by atoms with Gasteiger partial charge in [-0.25, -0.2) is 4.99 Å². The summed E-state index contributed by atoms with van der Waals surface area (Å²) in [5.41, 5.74) is 7.75. The number of amides is 1. The second-order valence-corrected chi connectivity index (χ2v) is 9.66. The maximum Gasteiger partial charge on any atom is 0.266 e. The number of carbonyl (C=O) groups excluding carboxylic acids is 1. The molecular weight excluding hydrogens is 442 g/mol. The molecule has 0 aliphatic carbocycles. The molecule has 2 aromatic carbocycles. The molecule has 0 unspecified atom stereocenters. The van der Waals surface area contributed by atoms with Gasteiger partial charge in [-0.15, -0.1) is 0 Å². The van der Waals surface area contributed by atoms with Crippen molar-refractivity contribution in [2.45, 2.75) is 34.1 Å². The largest absolute Gasteiger partial charge is 0.385 e. The molecule has 0 spiro atoms. The van der Waals surface area contributed by atoms with Crippen molar-refractivity contribution in [3.63, 3.8) is 0 Å². The van der Waals surface area contributed by atoms with Gasteiger partial charge in [0.15, 0.2) is 5.17 Å². The molecule has 1 aliphatic heterocycles. The second kappa shape index (κ2) is 10.5. The van der Waals surface area contributed by atoms with Crippen LogP contribution in [0.2, 0.25) is 0 Å². The van der Waals surface area contributed by atoms with Crippen LogP contribution >= 0.6 is 11.8 Å². The zero-order valence-electron chi connectivity index (χ0n) is 20.5. The van der Waals surface area contributed by atoms with E-state index in [1.165, 1.54) is 22.9 Å². The van der Waals surface area contributed by atoms with Crippen LogP contribution in [0, 0.1) is 27.7 Å². The molecule has 0 atom stereocenters. The molecule has 34 heavy (non-hydrogen) atoms. The van der Waals surface area contributed by atoms with Gasteiger partial charge in [0.05, 0.1) is 10.6 Å². The number of rotatable bonds is 7. The van der Waals surface area contributed by atoms with Gasteiger partial charge in [-0.05, 0) is 99.0 Å². The van der Waals surface area contributed by atoms with Crippen LogP contribution in [0.3, 0.4) is 0 Å². The zero-order chi connectivity index (χ0) is 24.2. The molecule has 0 saturated carbocycles. The van der Waals surface area contributed by atoms with Crippen LogP contribution in [-0.2, 0) is 9.53 Å². The summed E-state index contributed by atoms with van der Waals surface area (Å²) >= 11 is 1.44. The quantitative estimate of drug-likeness (QED) is 0.297. The lowest BCUT2D eigenvalue weighted by Gasteiger charge is -2.15. The number of nitrogens with zero attached hydrogens (tertiary/aromatic N) is 3. The Morgan fingerprint density at radius 2 is 1.71 bits per heavy atom. The molecule has 1 amide bonds. The van der Waals surface area contributed by atoms with Crippen LogP contribution in [-0.4, -0.2) is 40.8 Å². The third-order valence-corrected chi connectivity index (χ3v) is 6.83. The summed E-state index contributed by atoms with van der Waals surface area (Å²) in [5, 5.41) is 0.710. The van der Waals surface area contributed by atoms with Gasteiger partial charge in [0.1, 0.15) is 0 Å². The molecular formula is C28H31N3O2S. The highest BCUT2D eigenvalue weighted by atomic mass is 32.2. The Hall–Kier alpha value is -3.09. The number of aliphatic imine (C=N–C) groups is 1. The van der Waals surface area contributed by atoms with Gasteiger partial charge < -0.3 is 9.30 Å². The van der Waals surface area contributed by atoms with Crippen molar-refractivity contribution in [3.05, 3.63) is 87.6 Å². The van der Waals surface area contributed by atoms with Gasteiger partial charge in [0.25, 0.3) is 5.91 Å². The van der Waals surface area contributed by atoms with E-state index in [0.717, 1.165) is 34.7 Å². The molecule has 1 aliphatic rings. The third kappa shape index (κ3) is 5.18. The summed E-state index contributed by atoms with van der Waals surface area (Å²) in [7, 11) is 1.68. The SMILES string of the molecule is COCCCN1C(=O)/C(=C/c2cc(C)n(-c3cc(C)cc(C)c3)c2C)SC1=Nc1ccccc1. The molecule has 176 valence electrons. The fourth-order valence-electron chi connectivity index (χ4n) is 4.32. The number of benzene rings is 2. The summed E-state index contributed by atoms with van der Waals surface area (Å²) in [6.45, 7) is 9.62. The third-order valence-electron chi connectivity index (χ3n) is 5.82. The lowest BCUT2D eigenvalue weighted by atomic mass is 10.1. The fraction of sp³-hybridized carbons (Fsp3) is 0.286. The van der Waals surface area contributed by atoms with E-state index in [4.69, 9.17) is 9.73 Å². The normalized spacial score (nSPS) is 16.3. The molecule has 3 aromatic rings. The van der Waals surface area contributed by atoms with Crippen LogP contribution in [0.1, 0.15) is 34.5 Å². The Bertz CT molecular complexity index is 1240. The van der Waals surface area contributed by atoms with E-state index in [1.807, 2.05) is 36.4 Å². The Morgan fingerprint density at radius 1 is 1.00 bits per heavy atom. The number of thioether (sulfide) groups is 1. The first-order valence-corrected chi connectivity index (χ1v) is 12.3. The van der Waals surface area contributed by atoms with Gasteiger partial charge in [0.2, 0.25) is 0 Å². The maximum absolute atomic E-state index is 13.4. The van der Waals surface area contributed by atoms with Crippen LogP contribution in [0.4, 0.5) is 5.69 Å². The lowest BCUT2D eigenvalue weighted by molar-refractivity contribution is -0.122. The first kappa shape index (κ1) is 24.0. The van der Waals surface area contributed by atoms with Gasteiger partial charge in [-0.1, -0.05) is 24.3 Å². The van der Waals surface area contributed by atoms with E-state index in [2.05, 4.69) is 56.5 Å². The maximum atomic E-state index is 13.4. The molecule has 1 fully saturated rings. The number of hydrogen-bond donors (Lipinski definition) is 0. The highest BCUT2D eigenvalue weighted by Crippen LogP contribution is 2.35. The monoisotopic (exact) mass is 473 g/mol. The summed E-state index contributed by atoms with van der Waals surface area (Å²) in [4.78, 5) is 20.6. The van der Waals surface area contributed by atoms with Gasteiger partial charge in [0, 0.05) is 37.3 Å². The minimum absolute atomic E-state index is 0.00742. The predicted molar refractivity (Wildman–Crippen MR) is 142 cm³/mol. The molecule has 6 heteroatoms. The Balaban J connectivity index is 1.70. The molecule has 0 radical (unpaired) electrons. The predicted octanol–water partition coefficient (Wildman–Crippen LogP) is 6.35. The van der Waals surface area contributed by atoms with Crippen molar-refractivity contribution < 1.29 is 9.53 Å². The van der Waals surface area contributed by atoms with Crippen molar-refractivity contribution >= 4 is 34.6 Å². The molecule has 1 saturated heterocycles. The van der Waals surface area contributed by atoms with Crippen LogP contribution in [0.15, 0.2) is 64.5 Å². The van der Waals surface area contributed by atoms with Gasteiger partial charge in [-0.2, -0.15) is 0 Å². The number of aromatic nitrogens is 1. The lowest BCUT2D eigenvalue weighted by Crippen LogP contribution is -2.30. The number of para-hydroxylation sites is 1. The standard InChI is InChI=1S/C28H31N3O2S/c1-19-14-20(2)16-25(15-19)31-21(3)17-23(22(31)4)18-26-27(32)30(12-9-13-33-5)28(34-26)29-24-10-7-6-8-11-24/h6-8,10-11,14-18H,9,12-13H2,1-5H3/b26-18-,29-28?. The van der Waals surface area contributed by atoms with Gasteiger partial charge >= 0.3 is 0 Å². The molecule has 0 N–H and O–H groups in total. The number of amidine groups is 1. The van der Waals surface area contributed by atoms with Crippen molar-refractivity contribution in [3.8, 4) is 5.69 Å². The summed E-state index contributed by atoms with van der Waals surface area (Å²) in [5.74, 6) is -0.00742. The minimum Gasteiger partial charge on any atom is -0.385 e. The molecule has 1 aromatic heterocycles. The number of carbonyl (C=O) groups is 1. The average molecular weight is 474 g/mol. The summed E-state index contributed by atoms with van der Waals surface area (Å²) in [6.07, 6.45) is 2.76. The highest BCUT2D eigenvalue weighted by Gasteiger charge is 2.33. The van der Waals surface area contributed by atoms with E-state index in [9.17, 15) is 4.79 Å². The Morgan fingerprint density at radius 3 is 2.38 bits per heavy atom. The van der Waals surface area contributed by atoms with E-state index >= 15 is 0 Å². The topological polar surface area (TPSA) is 46.8 Å². The van der Waals surface area contributed by atoms with Crippen LogP contribution in [0.5, 0.6) is 0 Å². The number of ether oxygens (including phenoxy) is 1. The smallest absolute Gasteiger partial charge is 0.266 e. The summed E-state index contributed by atoms with van der Waals surface area (Å²) in [6, 6.07) is 18.5. The highest BCUT2D eigenvalue weighted by molar-refractivity contribution is 8.18. The first-order valence-electron chi connectivity index (χ1n) is 11.5. The van der Waals surface area contributed by atoms with Crippen molar-refractivity contribution in [1.82, 2.24) is 9.47 Å². The van der Waals surface area contributed by atoms with Crippen LogP contribution < -0.4 is 0 Å². The van der Waals surface area contributed by atoms with E-state index < -0.39 is 0 Å². The Labute approximate surface area is 206 Å². The first-order chi connectivity index (χ1) is 16.4.